The predicted molar refractivity (Wildman–Crippen MR) is 93.6 cm³/mol. The van der Waals surface area contributed by atoms with Gasteiger partial charge in [-0.05, 0) is 36.6 Å². The van der Waals surface area contributed by atoms with Crippen LogP contribution >= 0.6 is 0 Å². The van der Waals surface area contributed by atoms with Gasteiger partial charge in [0.2, 0.25) is 0 Å². The van der Waals surface area contributed by atoms with Crippen molar-refractivity contribution in [3.05, 3.63) is 65.2 Å². The zero-order chi connectivity index (χ0) is 18.3. The molecule has 0 spiro atoms. The molecular formula is C20H21F3N2O. The molecule has 0 amide bonds. The minimum atomic E-state index is -4.37. The van der Waals surface area contributed by atoms with Crippen LogP contribution in [0.2, 0.25) is 0 Å². The first kappa shape index (κ1) is 17.4. The SMILES string of the molecule is NCC1CC[C@H]2[C@@H](c3ccccc3)Nc3ccc(C(F)(F)F)cc3[C@H]2O1. The lowest BCUT2D eigenvalue weighted by molar-refractivity contribution is -0.138. The number of benzene rings is 2. The first-order chi connectivity index (χ1) is 12.5. The van der Waals surface area contributed by atoms with Gasteiger partial charge in [-0.2, -0.15) is 13.2 Å². The number of hydrogen-bond acceptors (Lipinski definition) is 3. The van der Waals surface area contributed by atoms with Crippen LogP contribution < -0.4 is 11.1 Å². The van der Waals surface area contributed by atoms with Gasteiger partial charge in [-0.1, -0.05) is 30.3 Å². The van der Waals surface area contributed by atoms with Gasteiger partial charge in [0, 0.05) is 23.7 Å². The van der Waals surface area contributed by atoms with Crippen molar-refractivity contribution in [1.29, 1.82) is 0 Å². The van der Waals surface area contributed by atoms with Crippen molar-refractivity contribution in [2.45, 2.75) is 37.3 Å². The van der Waals surface area contributed by atoms with E-state index in [9.17, 15) is 13.2 Å². The molecule has 2 heterocycles. The zero-order valence-electron chi connectivity index (χ0n) is 14.2. The van der Waals surface area contributed by atoms with Gasteiger partial charge in [-0.25, -0.2) is 0 Å². The Balaban J connectivity index is 1.77. The number of hydrogen-bond donors (Lipinski definition) is 2. The fraction of sp³-hybridized carbons (Fsp3) is 0.400. The summed E-state index contributed by atoms with van der Waals surface area (Å²) < 4.78 is 45.7. The van der Waals surface area contributed by atoms with E-state index in [0.717, 1.165) is 24.5 Å². The highest BCUT2D eigenvalue weighted by Crippen LogP contribution is 2.51. The monoisotopic (exact) mass is 362 g/mol. The highest BCUT2D eigenvalue weighted by Gasteiger charge is 2.43. The summed E-state index contributed by atoms with van der Waals surface area (Å²) in [5, 5.41) is 3.45. The van der Waals surface area contributed by atoms with Crippen LogP contribution in [0.15, 0.2) is 48.5 Å². The van der Waals surface area contributed by atoms with Gasteiger partial charge in [0.1, 0.15) is 0 Å². The van der Waals surface area contributed by atoms with E-state index >= 15 is 0 Å². The molecule has 2 aliphatic rings. The Morgan fingerprint density at radius 3 is 2.54 bits per heavy atom. The average Bonchev–Trinajstić information content (AvgIpc) is 2.66. The van der Waals surface area contributed by atoms with Crippen molar-refractivity contribution in [1.82, 2.24) is 0 Å². The number of alkyl halides is 3. The van der Waals surface area contributed by atoms with Crippen molar-refractivity contribution in [2.24, 2.45) is 11.7 Å². The Morgan fingerprint density at radius 1 is 1.08 bits per heavy atom. The van der Waals surface area contributed by atoms with Gasteiger partial charge in [0.15, 0.2) is 0 Å². The van der Waals surface area contributed by atoms with Gasteiger partial charge in [-0.3, -0.25) is 0 Å². The summed E-state index contributed by atoms with van der Waals surface area (Å²) in [5.74, 6) is 0.0659. The number of halogens is 3. The Morgan fingerprint density at radius 2 is 1.85 bits per heavy atom. The molecule has 0 radical (unpaired) electrons. The van der Waals surface area contributed by atoms with E-state index in [4.69, 9.17) is 10.5 Å². The molecule has 2 aromatic carbocycles. The molecule has 4 rings (SSSR count). The smallest absolute Gasteiger partial charge is 0.378 e. The van der Waals surface area contributed by atoms with E-state index in [1.807, 2.05) is 30.3 Å². The van der Waals surface area contributed by atoms with E-state index < -0.39 is 11.7 Å². The zero-order valence-corrected chi connectivity index (χ0v) is 14.2. The van der Waals surface area contributed by atoms with Crippen LogP contribution in [0.25, 0.3) is 0 Å². The minimum absolute atomic E-state index is 0.00385. The third-order valence-corrected chi connectivity index (χ3v) is 5.40. The van der Waals surface area contributed by atoms with Crippen molar-refractivity contribution in [3.8, 4) is 0 Å². The van der Waals surface area contributed by atoms with Crippen LogP contribution in [0.4, 0.5) is 18.9 Å². The minimum Gasteiger partial charge on any atom is -0.378 e. The quantitative estimate of drug-likeness (QED) is 0.816. The predicted octanol–water partition coefficient (Wildman–Crippen LogP) is 4.67. The first-order valence-corrected chi connectivity index (χ1v) is 8.85. The second-order valence-electron chi connectivity index (χ2n) is 6.99. The fourth-order valence-corrected chi connectivity index (χ4v) is 4.10. The third-order valence-electron chi connectivity index (χ3n) is 5.40. The lowest BCUT2D eigenvalue weighted by Gasteiger charge is -2.45. The van der Waals surface area contributed by atoms with Gasteiger partial charge in [-0.15, -0.1) is 0 Å². The number of ether oxygens (including phenoxy) is 1. The number of rotatable bonds is 2. The topological polar surface area (TPSA) is 47.3 Å². The maximum Gasteiger partial charge on any atom is 0.416 e. The van der Waals surface area contributed by atoms with E-state index in [2.05, 4.69) is 5.32 Å². The molecule has 3 N–H and O–H groups in total. The van der Waals surface area contributed by atoms with Crippen molar-refractivity contribution < 1.29 is 17.9 Å². The Kier molecular flexibility index (Phi) is 4.40. The lowest BCUT2D eigenvalue weighted by atomic mass is 9.76. The molecule has 0 aromatic heterocycles. The molecule has 2 aliphatic heterocycles. The van der Waals surface area contributed by atoms with Crippen molar-refractivity contribution >= 4 is 5.69 Å². The Bertz CT molecular complexity index is 778. The highest BCUT2D eigenvalue weighted by molar-refractivity contribution is 5.58. The summed E-state index contributed by atoms with van der Waals surface area (Å²) in [6.45, 7) is 0.376. The summed E-state index contributed by atoms with van der Waals surface area (Å²) in [6, 6.07) is 13.8. The summed E-state index contributed by atoms with van der Waals surface area (Å²) in [6.07, 6.45) is -3.21. The number of fused-ring (bicyclic) bond motifs is 3. The molecule has 2 aromatic rings. The van der Waals surface area contributed by atoms with Crippen LogP contribution in [0.3, 0.4) is 0 Å². The van der Waals surface area contributed by atoms with Gasteiger partial charge in [0.05, 0.1) is 23.8 Å². The molecular weight excluding hydrogens is 341 g/mol. The number of nitrogens with two attached hydrogens (primary N) is 1. The van der Waals surface area contributed by atoms with Crippen LogP contribution in [-0.4, -0.2) is 12.6 Å². The normalized spacial score (nSPS) is 28.0. The number of anilines is 1. The van der Waals surface area contributed by atoms with Crippen molar-refractivity contribution in [2.75, 3.05) is 11.9 Å². The summed E-state index contributed by atoms with van der Waals surface area (Å²) in [4.78, 5) is 0. The molecule has 0 aliphatic carbocycles. The van der Waals surface area contributed by atoms with Crippen molar-refractivity contribution in [3.63, 3.8) is 0 Å². The Hall–Kier alpha value is -2.05. The number of nitrogens with one attached hydrogen (secondary N) is 1. The van der Waals surface area contributed by atoms with E-state index in [0.29, 0.717) is 17.8 Å². The second-order valence-corrected chi connectivity index (χ2v) is 6.99. The van der Waals surface area contributed by atoms with Gasteiger partial charge < -0.3 is 15.8 Å². The standard InChI is InChI=1S/C20H21F3N2O/c21-20(22,23)13-6-9-17-16(10-13)19-15(8-7-14(11-24)26-19)18(25-17)12-4-2-1-3-5-12/h1-6,9-10,14-15,18-19,25H,7-8,11,24H2/t14?,15-,18+,19-/m0/s1. The summed E-state index contributed by atoms with van der Waals surface area (Å²) in [5.41, 5.74) is 7.52. The maximum absolute atomic E-state index is 13.2. The molecule has 0 bridgehead atoms. The molecule has 0 saturated carbocycles. The molecule has 6 heteroatoms. The summed E-state index contributed by atoms with van der Waals surface area (Å²) >= 11 is 0. The van der Waals surface area contributed by atoms with Gasteiger partial charge >= 0.3 is 6.18 Å². The third kappa shape index (κ3) is 3.08. The van der Waals surface area contributed by atoms with Crippen LogP contribution in [0, 0.1) is 5.92 Å². The van der Waals surface area contributed by atoms with Crippen LogP contribution in [0.1, 0.15) is 41.7 Å². The maximum atomic E-state index is 13.2. The van der Waals surface area contributed by atoms with Crippen LogP contribution in [0.5, 0.6) is 0 Å². The van der Waals surface area contributed by atoms with Crippen LogP contribution in [-0.2, 0) is 10.9 Å². The summed E-state index contributed by atoms with van der Waals surface area (Å²) in [7, 11) is 0. The molecule has 4 atom stereocenters. The Labute approximate surface area is 150 Å². The molecule has 26 heavy (non-hydrogen) atoms. The second kappa shape index (κ2) is 6.59. The highest BCUT2D eigenvalue weighted by atomic mass is 19.4. The first-order valence-electron chi connectivity index (χ1n) is 8.85. The fourth-order valence-electron chi connectivity index (χ4n) is 4.10. The molecule has 1 fully saturated rings. The molecule has 3 nitrogen and oxygen atoms in total. The molecule has 1 saturated heterocycles. The van der Waals surface area contributed by atoms with E-state index in [1.165, 1.54) is 12.1 Å². The van der Waals surface area contributed by atoms with E-state index in [-0.39, 0.29) is 24.2 Å². The molecule has 1 unspecified atom stereocenters. The average molecular weight is 362 g/mol. The largest absolute Gasteiger partial charge is 0.416 e. The molecule has 138 valence electrons. The van der Waals surface area contributed by atoms with Gasteiger partial charge in [0.25, 0.3) is 0 Å². The van der Waals surface area contributed by atoms with E-state index in [1.54, 1.807) is 0 Å². The lowest BCUT2D eigenvalue weighted by Crippen LogP contribution is -2.41.